The molecule has 8 nitrogen and oxygen atoms in total. The van der Waals surface area contributed by atoms with Gasteiger partial charge in [0.1, 0.15) is 15.9 Å². The molecule has 1 N–H and O–H groups in total. The Bertz CT molecular complexity index is 1110. The summed E-state index contributed by atoms with van der Waals surface area (Å²) in [5.74, 6) is -1.06. The SMILES string of the molecule is CCCN(CCC)S(=O)(=O)c1ccc(C(=O)Nc2sc(C(=O)OCC)c(C)c2C#N)cc1. The fourth-order valence-corrected chi connectivity index (χ4v) is 5.75. The lowest BCUT2D eigenvalue weighted by Crippen LogP contribution is -2.32. The van der Waals surface area contributed by atoms with Crippen LogP contribution >= 0.6 is 11.3 Å². The van der Waals surface area contributed by atoms with Crippen molar-refractivity contribution in [3.63, 3.8) is 0 Å². The van der Waals surface area contributed by atoms with Crippen LogP contribution in [-0.4, -0.2) is 44.3 Å². The molecule has 0 radical (unpaired) electrons. The zero-order valence-corrected chi connectivity index (χ0v) is 20.2. The van der Waals surface area contributed by atoms with Crippen molar-refractivity contribution in [3.05, 3.63) is 45.8 Å². The number of ether oxygens (including phenoxy) is 1. The molecule has 0 fully saturated rings. The van der Waals surface area contributed by atoms with Gasteiger partial charge in [-0.05, 0) is 56.5 Å². The Morgan fingerprint density at radius 2 is 1.72 bits per heavy atom. The second-order valence-corrected chi connectivity index (χ2v) is 9.93. The zero-order valence-electron chi connectivity index (χ0n) is 18.6. The lowest BCUT2D eigenvalue weighted by atomic mass is 10.1. The average molecular weight is 478 g/mol. The van der Waals surface area contributed by atoms with Crippen molar-refractivity contribution in [2.24, 2.45) is 0 Å². The van der Waals surface area contributed by atoms with Gasteiger partial charge in [0.2, 0.25) is 10.0 Å². The maximum Gasteiger partial charge on any atom is 0.348 e. The fourth-order valence-electron chi connectivity index (χ4n) is 3.08. The van der Waals surface area contributed by atoms with E-state index >= 15 is 0 Å². The molecule has 172 valence electrons. The summed E-state index contributed by atoms with van der Waals surface area (Å²) in [4.78, 5) is 25.2. The molecule has 1 heterocycles. The number of anilines is 1. The van der Waals surface area contributed by atoms with Gasteiger partial charge in [-0.15, -0.1) is 11.3 Å². The number of carbonyl (C=O) groups is 2. The number of nitrogens with zero attached hydrogens (tertiary/aromatic N) is 2. The number of rotatable bonds is 10. The number of benzene rings is 1. The van der Waals surface area contributed by atoms with Gasteiger partial charge in [-0.2, -0.15) is 9.57 Å². The normalized spacial score (nSPS) is 11.2. The Morgan fingerprint density at radius 1 is 1.12 bits per heavy atom. The summed E-state index contributed by atoms with van der Waals surface area (Å²) < 4.78 is 32.2. The maximum atomic E-state index is 12.9. The van der Waals surface area contributed by atoms with Crippen LogP contribution < -0.4 is 5.32 Å². The monoisotopic (exact) mass is 477 g/mol. The van der Waals surface area contributed by atoms with E-state index in [1.807, 2.05) is 19.9 Å². The van der Waals surface area contributed by atoms with Crippen LogP contribution in [-0.2, 0) is 14.8 Å². The van der Waals surface area contributed by atoms with Crippen molar-refractivity contribution in [2.75, 3.05) is 25.0 Å². The Kier molecular flexibility index (Phi) is 8.95. The molecular formula is C22H27N3O5S2. The molecule has 1 amide bonds. The third kappa shape index (κ3) is 5.54. The quantitative estimate of drug-likeness (QED) is 0.513. The van der Waals surface area contributed by atoms with Crippen LogP contribution in [0.5, 0.6) is 0 Å². The van der Waals surface area contributed by atoms with E-state index in [1.54, 1.807) is 13.8 Å². The summed E-state index contributed by atoms with van der Waals surface area (Å²) >= 11 is 0.972. The molecule has 1 aromatic heterocycles. The Balaban J connectivity index is 2.27. The van der Waals surface area contributed by atoms with Gasteiger partial charge in [0, 0.05) is 18.7 Å². The number of amides is 1. The Morgan fingerprint density at radius 3 is 2.22 bits per heavy atom. The van der Waals surface area contributed by atoms with E-state index in [-0.39, 0.29) is 32.5 Å². The predicted molar refractivity (Wildman–Crippen MR) is 123 cm³/mol. The number of hydrogen-bond acceptors (Lipinski definition) is 7. The van der Waals surface area contributed by atoms with E-state index < -0.39 is 21.9 Å². The minimum atomic E-state index is -3.65. The van der Waals surface area contributed by atoms with Crippen molar-refractivity contribution in [1.29, 1.82) is 5.26 Å². The molecule has 0 aliphatic carbocycles. The summed E-state index contributed by atoms with van der Waals surface area (Å²) in [6, 6.07) is 7.66. The number of carbonyl (C=O) groups excluding carboxylic acids is 2. The largest absolute Gasteiger partial charge is 0.462 e. The summed E-state index contributed by atoms with van der Waals surface area (Å²) in [7, 11) is -3.65. The number of esters is 1. The van der Waals surface area contributed by atoms with E-state index in [2.05, 4.69) is 5.32 Å². The van der Waals surface area contributed by atoms with Crippen LogP contribution in [0.25, 0.3) is 0 Å². The average Bonchev–Trinajstić information content (AvgIpc) is 3.08. The molecule has 10 heteroatoms. The van der Waals surface area contributed by atoms with E-state index in [9.17, 15) is 23.3 Å². The van der Waals surface area contributed by atoms with Gasteiger partial charge in [-0.3, -0.25) is 4.79 Å². The Hall–Kier alpha value is -2.74. The first-order valence-corrected chi connectivity index (χ1v) is 12.6. The van der Waals surface area contributed by atoms with Crippen LogP contribution in [0.4, 0.5) is 5.00 Å². The second kappa shape index (κ2) is 11.2. The molecule has 0 aliphatic rings. The van der Waals surface area contributed by atoms with Crippen LogP contribution in [0, 0.1) is 18.3 Å². The van der Waals surface area contributed by atoms with Crippen molar-refractivity contribution in [1.82, 2.24) is 4.31 Å². The van der Waals surface area contributed by atoms with Gasteiger partial charge in [0.05, 0.1) is 17.1 Å². The van der Waals surface area contributed by atoms with Gasteiger partial charge in [-0.1, -0.05) is 13.8 Å². The topological polar surface area (TPSA) is 117 Å². The van der Waals surface area contributed by atoms with Gasteiger partial charge in [0.25, 0.3) is 5.91 Å². The van der Waals surface area contributed by atoms with E-state index in [1.165, 1.54) is 28.6 Å². The maximum absolute atomic E-state index is 12.9. The minimum Gasteiger partial charge on any atom is -0.462 e. The number of nitrogens with one attached hydrogen (secondary N) is 1. The molecule has 2 rings (SSSR count). The summed E-state index contributed by atoms with van der Waals surface area (Å²) in [6.45, 7) is 8.19. The molecule has 0 bridgehead atoms. The standard InChI is InChI=1S/C22H27N3O5S2/c1-5-12-25(13-6-2)32(28,29)17-10-8-16(9-11-17)20(26)24-21-18(14-23)15(4)19(31-21)22(27)30-7-3/h8-11H,5-7,12-13H2,1-4H3,(H,24,26). The highest BCUT2D eigenvalue weighted by molar-refractivity contribution is 7.89. The first kappa shape index (κ1) is 25.5. The molecule has 2 aromatic rings. The highest BCUT2D eigenvalue weighted by Crippen LogP contribution is 2.33. The van der Waals surface area contributed by atoms with Crippen LogP contribution in [0.2, 0.25) is 0 Å². The third-order valence-corrected chi connectivity index (χ3v) is 7.75. The molecule has 0 saturated carbocycles. The van der Waals surface area contributed by atoms with E-state index in [0.29, 0.717) is 31.5 Å². The van der Waals surface area contributed by atoms with Crippen molar-refractivity contribution >= 4 is 38.2 Å². The molecule has 0 unspecified atom stereocenters. The lowest BCUT2D eigenvalue weighted by molar-refractivity contribution is 0.0531. The predicted octanol–water partition coefficient (Wildman–Crippen LogP) is 4.17. The zero-order chi connectivity index (χ0) is 23.9. The van der Waals surface area contributed by atoms with E-state index in [4.69, 9.17) is 4.74 Å². The van der Waals surface area contributed by atoms with Gasteiger partial charge >= 0.3 is 5.97 Å². The Labute approximate surface area is 192 Å². The highest BCUT2D eigenvalue weighted by Gasteiger charge is 2.25. The van der Waals surface area contributed by atoms with Crippen LogP contribution in [0.1, 0.15) is 64.8 Å². The molecule has 0 aliphatic heterocycles. The minimum absolute atomic E-state index is 0.116. The van der Waals surface area contributed by atoms with Crippen molar-refractivity contribution in [3.8, 4) is 6.07 Å². The highest BCUT2D eigenvalue weighted by atomic mass is 32.2. The molecule has 0 spiro atoms. The van der Waals surface area contributed by atoms with E-state index in [0.717, 1.165) is 11.3 Å². The summed E-state index contributed by atoms with van der Waals surface area (Å²) in [5.41, 5.74) is 0.870. The number of thiophene rings is 1. The molecule has 0 saturated heterocycles. The van der Waals surface area contributed by atoms with Gasteiger partial charge < -0.3 is 10.1 Å². The summed E-state index contributed by atoms with van der Waals surface area (Å²) in [5, 5.41) is 12.3. The molecular weight excluding hydrogens is 450 g/mol. The second-order valence-electron chi connectivity index (χ2n) is 6.98. The van der Waals surface area contributed by atoms with Crippen LogP contribution in [0.3, 0.4) is 0 Å². The van der Waals surface area contributed by atoms with Crippen molar-refractivity contribution in [2.45, 2.75) is 45.4 Å². The van der Waals surface area contributed by atoms with Crippen molar-refractivity contribution < 1.29 is 22.7 Å². The first-order valence-electron chi connectivity index (χ1n) is 10.3. The summed E-state index contributed by atoms with van der Waals surface area (Å²) in [6.07, 6.45) is 1.41. The fraction of sp³-hybridized carbons (Fsp3) is 0.409. The lowest BCUT2D eigenvalue weighted by Gasteiger charge is -2.21. The van der Waals surface area contributed by atoms with Gasteiger partial charge in [0.15, 0.2) is 0 Å². The third-order valence-electron chi connectivity index (χ3n) is 4.65. The first-order chi connectivity index (χ1) is 15.2. The smallest absolute Gasteiger partial charge is 0.348 e. The number of sulfonamides is 1. The van der Waals surface area contributed by atoms with Crippen LogP contribution in [0.15, 0.2) is 29.2 Å². The van der Waals surface area contributed by atoms with Gasteiger partial charge in [-0.25, -0.2) is 13.2 Å². The molecule has 1 aromatic carbocycles. The number of hydrogen-bond donors (Lipinski definition) is 1. The number of nitriles is 1. The molecule has 32 heavy (non-hydrogen) atoms. The molecule has 0 atom stereocenters.